The predicted molar refractivity (Wildman–Crippen MR) is 81.6 cm³/mol. The van der Waals surface area contributed by atoms with Crippen molar-refractivity contribution in [1.82, 2.24) is 9.97 Å². The minimum atomic E-state index is 0.506. The van der Waals surface area contributed by atoms with Gasteiger partial charge in [0.15, 0.2) is 0 Å². The zero-order chi connectivity index (χ0) is 15.2. The lowest BCUT2D eigenvalue weighted by molar-refractivity contribution is 0.411. The van der Waals surface area contributed by atoms with Gasteiger partial charge in [0.2, 0.25) is 5.88 Å². The highest BCUT2D eigenvalue weighted by molar-refractivity contribution is 5.49. The standard InChI is InChI=1S/C15H20N4O2/c1-4-5-13-17-14(19-16)10(2)15(18-13)21-12-8-6-11(20-3)7-9-12/h6-9H,4-5,16H2,1-3H3,(H,17,18,19). The SMILES string of the molecule is CCCc1nc(NN)c(C)c(Oc2ccc(OC)cc2)n1. The second-order valence-electron chi connectivity index (χ2n) is 4.59. The normalized spacial score (nSPS) is 10.3. The van der Waals surface area contributed by atoms with E-state index in [2.05, 4.69) is 22.3 Å². The van der Waals surface area contributed by atoms with E-state index in [1.165, 1.54) is 0 Å². The maximum absolute atomic E-state index is 5.84. The Bertz CT molecular complexity index is 599. The Labute approximate surface area is 124 Å². The quantitative estimate of drug-likeness (QED) is 0.628. The van der Waals surface area contributed by atoms with Crippen LogP contribution in [0.1, 0.15) is 24.7 Å². The van der Waals surface area contributed by atoms with E-state index in [9.17, 15) is 0 Å². The van der Waals surface area contributed by atoms with Gasteiger partial charge in [0.1, 0.15) is 23.1 Å². The van der Waals surface area contributed by atoms with Crippen LogP contribution in [0.25, 0.3) is 0 Å². The molecule has 1 aromatic carbocycles. The molecule has 6 heteroatoms. The summed E-state index contributed by atoms with van der Waals surface area (Å²) in [7, 11) is 1.63. The van der Waals surface area contributed by atoms with Crippen molar-refractivity contribution in [3.63, 3.8) is 0 Å². The molecule has 1 aromatic heterocycles. The van der Waals surface area contributed by atoms with Crippen molar-refractivity contribution >= 4 is 5.82 Å². The van der Waals surface area contributed by atoms with Crippen LogP contribution in [0, 0.1) is 6.92 Å². The molecule has 0 unspecified atom stereocenters. The summed E-state index contributed by atoms with van der Waals surface area (Å²) in [5.74, 6) is 8.76. The smallest absolute Gasteiger partial charge is 0.227 e. The molecule has 6 nitrogen and oxygen atoms in total. The first-order valence-corrected chi connectivity index (χ1v) is 6.84. The number of methoxy groups -OCH3 is 1. The average Bonchev–Trinajstić information content (AvgIpc) is 2.51. The van der Waals surface area contributed by atoms with Crippen molar-refractivity contribution in [1.29, 1.82) is 0 Å². The minimum Gasteiger partial charge on any atom is -0.497 e. The van der Waals surface area contributed by atoms with Crippen LogP contribution in [0.4, 0.5) is 5.82 Å². The highest BCUT2D eigenvalue weighted by atomic mass is 16.5. The predicted octanol–water partition coefficient (Wildman–Crippen LogP) is 2.82. The van der Waals surface area contributed by atoms with Gasteiger partial charge in [-0.3, -0.25) is 0 Å². The first-order valence-electron chi connectivity index (χ1n) is 6.84. The summed E-state index contributed by atoms with van der Waals surface area (Å²) in [6.45, 7) is 3.94. The molecule has 0 bridgehead atoms. The van der Waals surface area contributed by atoms with Crippen molar-refractivity contribution < 1.29 is 9.47 Å². The van der Waals surface area contributed by atoms with Crippen LogP contribution in [0.2, 0.25) is 0 Å². The van der Waals surface area contributed by atoms with E-state index in [1.807, 2.05) is 31.2 Å². The van der Waals surface area contributed by atoms with Gasteiger partial charge in [0, 0.05) is 6.42 Å². The minimum absolute atomic E-state index is 0.506. The molecular formula is C15H20N4O2. The topological polar surface area (TPSA) is 82.3 Å². The summed E-state index contributed by atoms with van der Waals surface area (Å²) >= 11 is 0. The zero-order valence-corrected chi connectivity index (χ0v) is 12.5. The molecule has 0 aliphatic rings. The third kappa shape index (κ3) is 3.61. The number of rotatable bonds is 6. The zero-order valence-electron chi connectivity index (χ0n) is 12.5. The van der Waals surface area contributed by atoms with E-state index in [0.717, 1.165) is 24.2 Å². The number of anilines is 1. The van der Waals surface area contributed by atoms with Crippen LogP contribution in [0.15, 0.2) is 24.3 Å². The van der Waals surface area contributed by atoms with E-state index in [1.54, 1.807) is 7.11 Å². The van der Waals surface area contributed by atoms with E-state index in [0.29, 0.717) is 23.3 Å². The highest BCUT2D eigenvalue weighted by Crippen LogP contribution is 2.28. The Morgan fingerprint density at radius 2 is 1.81 bits per heavy atom. The van der Waals surface area contributed by atoms with Gasteiger partial charge in [-0.15, -0.1) is 0 Å². The van der Waals surface area contributed by atoms with Crippen molar-refractivity contribution in [2.75, 3.05) is 12.5 Å². The summed E-state index contributed by atoms with van der Waals surface area (Å²) in [4.78, 5) is 8.81. The number of nitrogens with two attached hydrogens (primary N) is 1. The molecule has 0 saturated carbocycles. The number of nitrogen functional groups attached to an aromatic ring is 1. The van der Waals surface area contributed by atoms with Crippen molar-refractivity contribution in [2.24, 2.45) is 5.84 Å². The molecular weight excluding hydrogens is 268 g/mol. The van der Waals surface area contributed by atoms with Crippen molar-refractivity contribution in [3.8, 4) is 17.4 Å². The van der Waals surface area contributed by atoms with Gasteiger partial charge in [-0.05, 0) is 37.6 Å². The van der Waals surface area contributed by atoms with Gasteiger partial charge in [0.25, 0.3) is 0 Å². The molecule has 0 saturated heterocycles. The second kappa shape index (κ2) is 6.90. The molecule has 0 fully saturated rings. The third-order valence-electron chi connectivity index (χ3n) is 3.03. The molecule has 112 valence electrons. The fraction of sp³-hybridized carbons (Fsp3) is 0.333. The lowest BCUT2D eigenvalue weighted by Crippen LogP contribution is -2.13. The first kappa shape index (κ1) is 15.1. The van der Waals surface area contributed by atoms with Crippen LogP contribution in [0.3, 0.4) is 0 Å². The first-order chi connectivity index (χ1) is 10.2. The van der Waals surface area contributed by atoms with Gasteiger partial charge in [-0.25, -0.2) is 10.8 Å². The fourth-order valence-corrected chi connectivity index (χ4v) is 1.87. The van der Waals surface area contributed by atoms with Gasteiger partial charge in [-0.1, -0.05) is 6.92 Å². The van der Waals surface area contributed by atoms with E-state index in [4.69, 9.17) is 15.3 Å². The molecule has 1 heterocycles. The van der Waals surface area contributed by atoms with Gasteiger partial charge in [-0.2, -0.15) is 4.98 Å². The number of benzene rings is 1. The highest BCUT2D eigenvalue weighted by Gasteiger charge is 2.12. The molecule has 2 rings (SSSR count). The maximum Gasteiger partial charge on any atom is 0.227 e. The number of aryl methyl sites for hydroxylation is 1. The Kier molecular flexibility index (Phi) is 4.94. The van der Waals surface area contributed by atoms with Crippen molar-refractivity contribution in [3.05, 3.63) is 35.7 Å². The maximum atomic E-state index is 5.84. The lowest BCUT2D eigenvalue weighted by Gasteiger charge is -2.12. The molecule has 0 spiro atoms. The molecule has 0 radical (unpaired) electrons. The lowest BCUT2D eigenvalue weighted by atomic mass is 10.2. The second-order valence-corrected chi connectivity index (χ2v) is 4.59. The average molecular weight is 288 g/mol. The number of aromatic nitrogens is 2. The number of ether oxygens (including phenoxy) is 2. The third-order valence-corrected chi connectivity index (χ3v) is 3.03. The Morgan fingerprint density at radius 1 is 1.14 bits per heavy atom. The van der Waals surface area contributed by atoms with E-state index in [-0.39, 0.29) is 0 Å². The summed E-state index contributed by atoms with van der Waals surface area (Å²) < 4.78 is 11.0. The number of nitrogens with one attached hydrogen (secondary N) is 1. The largest absolute Gasteiger partial charge is 0.497 e. The molecule has 0 aliphatic carbocycles. The number of hydrogen-bond donors (Lipinski definition) is 2. The van der Waals surface area contributed by atoms with Crippen LogP contribution < -0.4 is 20.7 Å². The monoisotopic (exact) mass is 288 g/mol. The number of hydrogen-bond acceptors (Lipinski definition) is 6. The summed E-state index contributed by atoms with van der Waals surface area (Å²) in [6, 6.07) is 7.33. The summed E-state index contributed by atoms with van der Waals surface area (Å²) in [5.41, 5.74) is 3.36. The molecule has 0 atom stereocenters. The Morgan fingerprint density at radius 3 is 2.38 bits per heavy atom. The van der Waals surface area contributed by atoms with Gasteiger partial charge in [0.05, 0.1) is 12.7 Å². The molecule has 0 aliphatic heterocycles. The van der Waals surface area contributed by atoms with Gasteiger partial charge >= 0.3 is 0 Å². The van der Waals surface area contributed by atoms with Crippen LogP contribution >= 0.6 is 0 Å². The molecule has 2 aromatic rings. The van der Waals surface area contributed by atoms with Gasteiger partial charge < -0.3 is 14.9 Å². The fourth-order valence-electron chi connectivity index (χ4n) is 1.87. The molecule has 0 amide bonds. The molecule has 3 N–H and O–H groups in total. The van der Waals surface area contributed by atoms with Crippen LogP contribution in [-0.2, 0) is 6.42 Å². The van der Waals surface area contributed by atoms with E-state index < -0.39 is 0 Å². The van der Waals surface area contributed by atoms with Crippen molar-refractivity contribution in [2.45, 2.75) is 26.7 Å². The number of hydrazine groups is 1. The summed E-state index contributed by atoms with van der Waals surface area (Å²) in [6.07, 6.45) is 1.73. The molecule has 21 heavy (non-hydrogen) atoms. The summed E-state index contributed by atoms with van der Waals surface area (Å²) in [5, 5.41) is 0. The van der Waals surface area contributed by atoms with E-state index >= 15 is 0 Å². The van der Waals surface area contributed by atoms with Crippen LogP contribution in [-0.4, -0.2) is 17.1 Å². The number of nitrogens with zero attached hydrogens (tertiary/aromatic N) is 2. The Hall–Kier alpha value is -2.34. The van der Waals surface area contributed by atoms with Crippen LogP contribution in [0.5, 0.6) is 17.4 Å². The Balaban J connectivity index is 2.30.